The van der Waals surface area contributed by atoms with Crippen LogP contribution in [0.4, 0.5) is 0 Å². The minimum atomic E-state index is -1.14. The Balaban J connectivity index is 1.17. The predicted octanol–water partition coefficient (Wildman–Crippen LogP) is 9.35. The first-order chi connectivity index (χ1) is 23.9. The molecule has 5 aliphatic carbocycles. The van der Waals surface area contributed by atoms with Gasteiger partial charge in [-0.15, -0.1) is 16.4 Å². The van der Waals surface area contributed by atoms with Crippen molar-refractivity contribution < 1.29 is 19.4 Å². The van der Waals surface area contributed by atoms with Crippen molar-refractivity contribution in [1.82, 2.24) is 20.6 Å². The Hall–Kier alpha value is -2.99. The fourth-order valence-electron chi connectivity index (χ4n) is 13.2. The first kappa shape index (κ1) is 36.4. The summed E-state index contributed by atoms with van der Waals surface area (Å²) < 4.78 is 6.19. The standard InChI is InChI=1S/C42H58N4O4S/c1-25(2)27-13-20-42(19-12-26-16-23-51-34(26)35-43-45-46-44-35)22-21-40(8)28(33(27)42)10-11-30-39(7)17-15-31(50-32(47)24-37(3,4)36(48)49)38(5,6)29(39)14-18-41(30,40)9/h16,23,27-31,33H,1,10-11,13-15,17-18,20-22,24H2,2-9H3,(H,48,49)(H,43,44,45,46)/t27-,28?,29?,30?,31-,33?,39-,40+,41+,42+/m0/s1. The molecule has 7 rings (SSSR count). The van der Waals surface area contributed by atoms with Crippen LogP contribution in [0.15, 0.2) is 23.6 Å². The van der Waals surface area contributed by atoms with Crippen LogP contribution in [0.2, 0.25) is 0 Å². The number of carboxylic acids is 1. The Bertz CT molecular complexity index is 1770. The van der Waals surface area contributed by atoms with E-state index in [1.807, 2.05) is 0 Å². The van der Waals surface area contributed by atoms with Crippen LogP contribution in [-0.2, 0) is 14.3 Å². The lowest BCUT2D eigenvalue weighted by atomic mass is 9.32. The van der Waals surface area contributed by atoms with Gasteiger partial charge in [-0.25, -0.2) is 5.10 Å². The molecule has 5 aliphatic rings. The summed E-state index contributed by atoms with van der Waals surface area (Å²) in [7, 11) is 0. The number of rotatable bonds is 6. The maximum Gasteiger partial charge on any atom is 0.309 e. The molecule has 5 fully saturated rings. The molecule has 8 nitrogen and oxygen atoms in total. The second kappa shape index (κ2) is 12.3. The van der Waals surface area contributed by atoms with Crippen LogP contribution in [0.5, 0.6) is 0 Å². The van der Waals surface area contributed by atoms with Crippen LogP contribution in [0.25, 0.3) is 10.7 Å². The molecule has 2 N–H and O–H groups in total. The number of allylic oxidation sites excluding steroid dienone is 1. The van der Waals surface area contributed by atoms with Gasteiger partial charge in [-0.1, -0.05) is 58.6 Å². The molecule has 0 aromatic carbocycles. The summed E-state index contributed by atoms with van der Waals surface area (Å²) >= 11 is 1.63. The quantitative estimate of drug-likeness (QED) is 0.174. The molecular weight excluding hydrogens is 657 g/mol. The van der Waals surface area contributed by atoms with Crippen LogP contribution in [-0.4, -0.2) is 43.8 Å². The van der Waals surface area contributed by atoms with E-state index in [4.69, 9.17) is 4.74 Å². The van der Waals surface area contributed by atoms with E-state index in [0.717, 1.165) is 42.5 Å². The average molecular weight is 715 g/mol. The normalized spacial score (nSPS) is 39.7. The first-order valence-electron chi connectivity index (χ1n) is 19.3. The van der Waals surface area contributed by atoms with Crippen molar-refractivity contribution in [2.24, 2.45) is 62.1 Å². The predicted molar refractivity (Wildman–Crippen MR) is 199 cm³/mol. The Kier molecular flexibility index (Phi) is 8.76. The molecule has 2 heterocycles. The summed E-state index contributed by atoms with van der Waals surface area (Å²) in [6.07, 6.45) is 11.0. The highest BCUT2D eigenvalue weighted by Crippen LogP contribution is 2.77. The summed E-state index contributed by atoms with van der Waals surface area (Å²) in [5.41, 5.74) is 1.54. The highest BCUT2D eigenvalue weighted by atomic mass is 32.1. The van der Waals surface area contributed by atoms with Crippen molar-refractivity contribution in [2.75, 3.05) is 0 Å². The molecule has 0 amide bonds. The van der Waals surface area contributed by atoms with E-state index in [2.05, 4.69) is 92.0 Å². The summed E-state index contributed by atoms with van der Waals surface area (Å²) in [5, 5.41) is 26.4. The van der Waals surface area contributed by atoms with Crippen molar-refractivity contribution in [1.29, 1.82) is 0 Å². The molecule has 2 aromatic rings. The molecule has 2 aromatic heterocycles. The number of aromatic nitrogens is 4. The number of carbonyl (C=O) groups excluding carboxylic acids is 1. The summed E-state index contributed by atoms with van der Waals surface area (Å²) in [5.74, 6) is 9.61. The molecular formula is C42H58N4O4S. The van der Waals surface area contributed by atoms with Crippen LogP contribution in [0, 0.1) is 73.9 Å². The van der Waals surface area contributed by atoms with Gasteiger partial charge < -0.3 is 9.84 Å². The van der Waals surface area contributed by atoms with Crippen LogP contribution >= 0.6 is 11.3 Å². The fourth-order valence-corrected chi connectivity index (χ4v) is 14.0. The Labute approximate surface area is 308 Å². The number of nitrogens with zero attached hydrogens (tertiary/aromatic N) is 3. The van der Waals surface area contributed by atoms with E-state index < -0.39 is 11.4 Å². The number of hydrogen-bond acceptors (Lipinski definition) is 7. The van der Waals surface area contributed by atoms with Gasteiger partial charge in [-0.2, -0.15) is 0 Å². The Morgan fingerprint density at radius 2 is 1.78 bits per heavy atom. The third-order valence-corrected chi connectivity index (χ3v) is 17.0. The zero-order valence-corrected chi connectivity index (χ0v) is 32.8. The van der Waals surface area contributed by atoms with Crippen LogP contribution in [0.1, 0.15) is 132 Å². The molecule has 4 unspecified atom stereocenters. The van der Waals surface area contributed by atoms with E-state index >= 15 is 0 Å². The Morgan fingerprint density at radius 1 is 1.02 bits per heavy atom. The summed E-state index contributed by atoms with van der Waals surface area (Å²) in [6.45, 7) is 22.5. The van der Waals surface area contributed by atoms with Crippen molar-refractivity contribution in [3.63, 3.8) is 0 Å². The van der Waals surface area contributed by atoms with E-state index in [1.54, 1.807) is 25.2 Å². The number of carboxylic acid groups (broad SMARTS) is 1. The molecule has 5 saturated carbocycles. The second-order valence-corrected chi connectivity index (χ2v) is 20.1. The van der Waals surface area contributed by atoms with Gasteiger partial charge in [-0.05, 0) is 153 Å². The van der Waals surface area contributed by atoms with Crippen LogP contribution in [0.3, 0.4) is 0 Å². The largest absolute Gasteiger partial charge is 0.481 e. The van der Waals surface area contributed by atoms with Gasteiger partial charge in [0.15, 0.2) is 5.82 Å². The molecule has 10 atom stereocenters. The Morgan fingerprint density at radius 3 is 2.47 bits per heavy atom. The molecule has 0 spiro atoms. The molecule has 0 aliphatic heterocycles. The number of ether oxygens (including phenoxy) is 1. The number of hydrogen-bond donors (Lipinski definition) is 2. The highest BCUT2D eigenvalue weighted by molar-refractivity contribution is 7.13. The minimum Gasteiger partial charge on any atom is -0.481 e. The number of fused-ring (bicyclic) bond motifs is 7. The van der Waals surface area contributed by atoms with Crippen LogP contribution < -0.4 is 0 Å². The number of nitrogens with one attached hydrogen (secondary N) is 1. The van der Waals surface area contributed by atoms with Crippen molar-refractivity contribution in [3.05, 3.63) is 29.2 Å². The van der Waals surface area contributed by atoms with Gasteiger partial charge >= 0.3 is 11.9 Å². The number of thiophene rings is 1. The molecule has 0 saturated heterocycles. The molecule has 276 valence electrons. The second-order valence-electron chi connectivity index (χ2n) is 19.2. The number of H-pyrrole nitrogens is 1. The van der Waals surface area contributed by atoms with E-state index in [1.165, 1.54) is 37.7 Å². The van der Waals surface area contributed by atoms with Gasteiger partial charge in [0, 0.05) is 16.4 Å². The summed E-state index contributed by atoms with van der Waals surface area (Å²) in [4.78, 5) is 25.8. The summed E-state index contributed by atoms with van der Waals surface area (Å²) in [6, 6.07) is 2.11. The topological polar surface area (TPSA) is 118 Å². The minimum absolute atomic E-state index is 0.0178. The first-order valence-corrected chi connectivity index (χ1v) is 20.2. The van der Waals surface area contributed by atoms with Crippen molar-refractivity contribution in [2.45, 2.75) is 132 Å². The van der Waals surface area contributed by atoms with Gasteiger partial charge in [0.05, 0.1) is 16.7 Å². The van der Waals surface area contributed by atoms with E-state index in [0.29, 0.717) is 35.4 Å². The number of aromatic amines is 1. The average Bonchev–Trinajstić information content (AvgIpc) is 3.82. The van der Waals surface area contributed by atoms with Crippen molar-refractivity contribution in [3.8, 4) is 22.5 Å². The third kappa shape index (κ3) is 5.47. The fraction of sp³-hybridized carbons (Fsp3) is 0.738. The lowest BCUT2D eigenvalue weighted by molar-refractivity contribution is -0.247. The lowest BCUT2D eigenvalue weighted by Gasteiger charge is -2.72. The molecule has 0 bridgehead atoms. The van der Waals surface area contributed by atoms with Gasteiger partial charge in [0.2, 0.25) is 0 Å². The third-order valence-electron chi connectivity index (χ3n) is 16.1. The number of tetrazole rings is 1. The number of carbonyl (C=O) groups is 2. The highest BCUT2D eigenvalue weighted by Gasteiger charge is 2.71. The molecule has 51 heavy (non-hydrogen) atoms. The van der Waals surface area contributed by atoms with Gasteiger partial charge in [0.25, 0.3) is 0 Å². The zero-order chi connectivity index (χ0) is 36.8. The number of esters is 1. The monoisotopic (exact) mass is 714 g/mol. The van der Waals surface area contributed by atoms with Gasteiger partial charge in [0.1, 0.15) is 6.10 Å². The SMILES string of the molecule is C=C(C)[C@@H]1CC[C@]2(C#Cc3ccsc3-c3nnn[nH]3)CC[C@]3(C)C(CCC4[C@@]5(C)CC[C@H](OC(=O)CC(C)(C)C(=O)O)C(C)(C)C5CC[C@]43C)C12. The van der Waals surface area contributed by atoms with E-state index in [9.17, 15) is 14.7 Å². The number of aliphatic carboxylic acids is 1. The maximum absolute atomic E-state index is 13.1. The van der Waals surface area contributed by atoms with E-state index in [-0.39, 0.29) is 45.6 Å². The lowest BCUT2D eigenvalue weighted by Crippen LogP contribution is -2.66. The van der Waals surface area contributed by atoms with Crippen molar-refractivity contribution >= 4 is 23.3 Å². The smallest absolute Gasteiger partial charge is 0.309 e. The molecule has 9 heteroatoms. The maximum atomic E-state index is 13.1. The van der Waals surface area contributed by atoms with Gasteiger partial charge in [-0.3, -0.25) is 9.59 Å². The molecule has 0 radical (unpaired) electrons. The zero-order valence-electron chi connectivity index (χ0n) is 32.0.